The van der Waals surface area contributed by atoms with Crippen molar-refractivity contribution in [2.75, 3.05) is 18.8 Å². The molecule has 0 radical (unpaired) electrons. The van der Waals surface area contributed by atoms with Crippen LogP contribution in [-0.4, -0.2) is 39.0 Å². The summed E-state index contributed by atoms with van der Waals surface area (Å²) in [6.45, 7) is 2.82. The van der Waals surface area contributed by atoms with E-state index in [4.69, 9.17) is 4.99 Å². The number of hydrogen-bond acceptors (Lipinski definition) is 4. The first kappa shape index (κ1) is 19.8. The fourth-order valence-corrected chi connectivity index (χ4v) is 6.58. The van der Waals surface area contributed by atoms with Crippen molar-refractivity contribution in [3.63, 3.8) is 0 Å². The fraction of sp³-hybridized carbons (Fsp3) is 0.364. The number of carbonyl (C=O) groups is 1. The average molecular weight is 414 g/mol. The quantitative estimate of drug-likeness (QED) is 0.705. The Morgan fingerprint density at radius 2 is 1.86 bits per heavy atom. The zero-order valence-corrected chi connectivity index (χ0v) is 17.2. The monoisotopic (exact) mass is 413 g/mol. The first-order valence-corrected chi connectivity index (χ1v) is 11.5. The van der Waals surface area contributed by atoms with E-state index in [1.165, 1.54) is 6.07 Å². The summed E-state index contributed by atoms with van der Waals surface area (Å²) in [6, 6.07) is 15.4. The highest BCUT2D eigenvalue weighted by atomic mass is 32.2. The van der Waals surface area contributed by atoms with Gasteiger partial charge >= 0.3 is 0 Å². The third kappa shape index (κ3) is 3.83. The molecule has 0 amide bonds. The van der Waals surface area contributed by atoms with E-state index in [1.54, 1.807) is 41.6 Å². The Labute approximate surface area is 171 Å². The number of Topliss-reactive ketones (excluding diaryl/α,β-unsaturated/α-hetero) is 1. The summed E-state index contributed by atoms with van der Waals surface area (Å²) < 4.78 is 34.7. The van der Waals surface area contributed by atoms with Crippen molar-refractivity contribution < 1.29 is 13.4 Å². The maximum absolute atomic E-state index is 14.6. The number of benzene rings is 2. The van der Waals surface area contributed by atoms with Crippen LogP contribution < -0.4 is 0 Å². The van der Waals surface area contributed by atoms with Crippen LogP contribution in [0.25, 0.3) is 0 Å². The highest BCUT2D eigenvalue weighted by molar-refractivity contribution is 7.92. The van der Waals surface area contributed by atoms with Crippen molar-refractivity contribution in [1.29, 1.82) is 0 Å². The molecule has 5 nitrogen and oxygen atoms in total. The molecule has 2 aliphatic heterocycles. The van der Waals surface area contributed by atoms with Crippen molar-refractivity contribution in [1.82, 2.24) is 4.31 Å². The van der Waals surface area contributed by atoms with Crippen molar-refractivity contribution in [3.05, 3.63) is 71.5 Å². The van der Waals surface area contributed by atoms with Gasteiger partial charge < -0.3 is 0 Å². The van der Waals surface area contributed by atoms with E-state index in [-0.39, 0.29) is 18.0 Å². The molecule has 2 aromatic rings. The second-order valence-electron chi connectivity index (χ2n) is 7.66. The number of rotatable bonds is 4. The molecule has 0 aliphatic carbocycles. The predicted octanol–water partition coefficient (Wildman–Crippen LogP) is 4.20. The van der Waals surface area contributed by atoms with Gasteiger partial charge in [0.1, 0.15) is 27.1 Å². The molecule has 0 aromatic heterocycles. The topological polar surface area (TPSA) is 62.1 Å². The van der Waals surface area contributed by atoms with E-state index in [2.05, 4.69) is 4.36 Å². The summed E-state index contributed by atoms with van der Waals surface area (Å²) in [5, 5.41) is 0. The van der Waals surface area contributed by atoms with Gasteiger partial charge in [0.25, 0.3) is 0 Å². The summed E-state index contributed by atoms with van der Waals surface area (Å²) in [6.07, 6.45) is 1.68. The highest BCUT2D eigenvalue weighted by Crippen LogP contribution is 2.36. The maximum Gasteiger partial charge on any atom is 0.170 e. The lowest BCUT2D eigenvalue weighted by atomic mass is 9.94. The van der Waals surface area contributed by atoms with E-state index in [0.717, 1.165) is 12.8 Å². The van der Waals surface area contributed by atoms with Crippen molar-refractivity contribution in [3.8, 4) is 0 Å². The fourth-order valence-electron chi connectivity index (χ4n) is 3.98. The average Bonchev–Trinajstić information content (AvgIpc) is 2.90. The Bertz CT molecular complexity index is 1080. The third-order valence-electron chi connectivity index (χ3n) is 5.41. The molecule has 0 N–H and O–H groups in total. The van der Waals surface area contributed by atoms with Gasteiger partial charge in [-0.15, -0.1) is 0 Å². The van der Waals surface area contributed by atoms with Crippen LogP contribution in [0.15, 0.2) is 64.0 Å². The van der Waals surface area contributed by atoms with E-state index in [1.807, 2.05) is 18.2 Å². The molecule has 152 valence electrons. The largest absolute Gasteiger partial charge is 0.294 e. The molecule has 0 bridgehead atoms. The molecule has 4 rings (SSSR count). The molecule has 0 spiro atoms. The molecule has 2 heterocycles. The number of halogens is 1. The molecule has 1 unspecified atom stereocenters. The van der Waals surface area contributed by atoms with Gasteiger partial charge in [-0.1, -0.05) is 48.5 Å². The molecule has 29 heavy (non-hydrogen) atoms. The van der Waals surface area contributed by atoms with E-state index < -0.39 is 21.3 Å². The Kier molecular flexibility index (Phi) is 5.25. The van der Waals surface area contributed by atoms with Crippen LogP contribution >= 0.6 is 0 Å². The van der Waals surface area contributed by atoms with Gasteiger partial charge in [-0.2, -0.15) is 0 Å². The minimum Gasteiger partial charge on any atom is -0.294 e. The first-order chi connectivity index (χ1) is 13.9. The molecule has 0 saturated heterocycles. The highest BCUT2D eigenvalue weighted by Gasteiger charge is 2.42. The molecule has 0 saturated carbocycles. The lowest BCUT2D eigenvalue weighted by Crippen LogP contribution is -2.49. The lowest BCUT2D eigenvalue weighted by Gasteiger charge is -2.39. The SMILES string of the molecule is C[C@@]1(c2ccccc2F)CS2(=O)=NCCCCN2C(CC(=O)c2ccccc2)=N1. The number of aliphatic imine (C=N–C) groups is 1. The number of amidine groups is 1. The number of ketones is 1. The molecule has 7 heteroatoms. The van der Waals surface area contributed by atoms with Gasteiger partial charge in [-0.05, 0) is 25.8 Å². The Balaban J connectivity index is 1.81. The van der Waals surface area contributed by atoms with E-state index >= 15 is 0 Å². The zero-order valence-electron chi connectivity index (χ0n) is 16.4. The zero-order chi connectivity index (χ0) is 20.5. The van der Waals surface area contributed by atoms with E-state index in [9.17, 15) is 13.4 Å². The first-order valence-electron chi connectivity index (χ1n) is 9.82. The number of carbonyl (C=O) groups excluding carboxylic acids is 1. The normalized spacial score (nSPS) is 26.7. The van der Waals surface area contributed by atoms with Gasteiger partial charge in [0, 0.05) is 17.7 Å². The van der Waals surface area contributed by atoms with Crippen molar-refractivity contribution in [2.24, 2.45) is 9.36 Å². The van der Waals surface area contributed by atoms with Crippen molar-refractivity contribution in [2.45, 2.75) is 31.7 Å². The van der Waals surface area contributed by atoms with Crippen LogP contribution in [0.5, 0.6) is 0 Å². The molecule has 2 aromatic carbocycles. The summed E-state index contributed by atoms with van der Waals surface area (Å²) in [5.41, 5.74) is -0.0860. The predicted molar refractivity (Wildman–Crippen MR) is 113 cm³/mol. The van der Waals surface area contributed by atoms with Crippen LogP contribution in [0.4, 0.5) is 4.39 Å². The Morgan fingerprint density at radius 1 is 1.14 bits per heavy atom. The van der Waals surface area contributed by atoms with Crippen molar-refractivity contribution >= 4 is 21.5 Å². The van der Waals surface area contributed by atoms with Crippen LogP contribution in [0, 0.1) is 5.82 Å². The third-order valence-corrected chi connectivity index (χ3v) is 8.01. The Morgan fingerprint density at radius 3 is 2.62 bits per heavy atom. The van der Waals surface area contributed by atoms with Gasteiger partial charge in [0.15, 0.2) is 5.78 Å². The number of nitrogens with zero attached hydrogens (tertiary/aromatic N) is 3. The molecule has 0 fully saturated rings. The summed E-state index contributed by atoms with van der Waals surface area (Å²) in [7, 11) is -2.81. The molecular formula is C22H24FN3O2S. The standard InChI is InChI=1S/C22H24FN3O2S/c1-22(18-11-5-6-12-19(18)23)16-29(28)24-13-7-8-14-26(29)21(25-22)15-20(27)17-9-3-2-4-10-17/h2-6,9-12H,7-8,13-16H2,1H3/t22-,29?/m0/s1. The van der Waals surface area contributed by atoms with Gasteiger partial charge in [-0.25, -0.2) is 13.0 Å². The van der Waals surface area contributed by atoms with Gasteiger partial charge in [0.05, 0.1) is 18.7 Å². The number of hydrogen-bond donors (Lipinski definition) is 0. The van der Waals surface area contributed by atoms with Crippen LogP contribution in [-0.2, 0) is 15.5 Å². The van der Waals surface area contributed by atoms with Gasteiger partial charge in [0.2, 0.25) is 0 Å². The lowest BCUT2D eigenvalue weighted by molar-refractivity contribution is 0.0998. The molecule has 2 atom stereocenters. The van der Waals surface area contributed by atoms with Gasteiger partial charge in [-0.3, -0.25) is 14.1 Å². The van der Waals surface area contributed by atoms with Crippen LogP contribution in [0.3, 0.4) is 0 Å². The van der Waals surface area contributed by atoms with Crippen LogP contribution in [0.1, 0.15) is 42.1 Å². The smallest absolute Gasteiger partial charge is 0.170 e. The Hall–Kier alpha value is -2.54. The minimum absolute atomic E-state index is 0.0145. The summed E-state index contributed by atoms with van der Waals surface area (Å²) in [5.74, 6) is 0.0569. The summed E-state index contributed by atoms with van der Waals surface area (Å²) >= 11 is 0. The second kappa shape index (κ2) is 7.71. The minimum atomic E-state index is -2.81. The maximum atomic E-state index is 14.6. The molecule has 2 aliphatic rings. The van der Waals surface area contributed by atoms with Crippen LogP contribution in [0.2, 0.25) is 0 Å². The molecular weight excluding hydrogens is 389 g/mol. The van der Waals surface area contributed by atoms with E-state index in [0.29, 0.717) is 30.1 Å². The number of fused-ring (bicyclic) bond motifs is 1. The summed E-state index contributed by atoms with van der Waals surface area (Å²) in [4.78, 5) is 17.7. The second-order valence-corrected chi connectivity index (χ2v) is 9.86.